The lowest BCUT2D eigenvalue weighted by molar-refractivity contribution is 0.158. The Hall–Kier alpha value is -0.480. The molecule has 0 aromatic rings. The molecule has 0 bridgehead atoms. The monoisotopic (exact) mass is 193 g/mol. The molecule has 0 heterocycles. The SMILES string of the molecule is C#CCC(C)NC1CCCCC1(C)C. The van der Waals surface area contributed by atoms with E-state index in [4.69, 9.17) is 6.42 Å². The summed E-state index contributed by atoms with van der Waals surface area (Å²) in [4.78, 5) is 0. The molecular weight excluding hydrogens is 170 g/mol. The number of hydrogen-bond donors (Lipinski definition) is 1. The minimum absolute atomic E-state index is 0.446. The normalized spacial score (nSPS) is 28.0. The molecule has 1 aliphatic carbocycles. The van der Waals surface area contributed by atoms with E-state index in [1.165, 1.54) is 25.7 Å². The van der Waals surface area contributed by atoms with E-state index in [9.17, 15) is 0 Å². The third-order valence-corrected chi connectivity index (χ3v) is 3.42. The molecule has 80 valence electrons. The molecule has 0 amide bonds. The zero-order valence-corrected chi connectivity index (χ0v) is 9.77. The highest BCUT2D eigenvalue weighted by molar-refractivity contribution is 4.93. The van der Waals surface area contributed by atoms with Crippen molar-refractivity contribution in [3.63, 3.8) is 0 Å². The van der Waals surface area contributed by atoms with Crippen molar-refractivity contribution in [2.24, 2.45) is 5.41 Å². The predicted octanol–water partition coefficient (Wildman–Crippen LogP) is 2.96. The van der Waals surface area contributed by atoms with Gasteiger partial charge in [-0.2, -0.15) is 0 Å². The van der Waals surface area contributed by atoms with Gasteiger partial charge in [0.1, 0.15) is 0 Å². The van der Waals surface area contributed by atoms with Crippen LogP contribution in [0.5, 0.6) is 0 Å². The van der Waals surface area contributed by atoms with E-state index in [-0.39, 0.29) is 0 Å². The van der Waals surface area contributed by atoms with Gasteiger partial charge in [-0.25, -0.2) is 0 Å². The molecule has 0 aliphatic heterocycles. The van der Waals surface area contributed by atoms with Crippen molar-refractivity contribution in [3.05, 3.63) is 0 Å². The van der Waals surface area contributed by atoms with E-state index in [0.717, 1.165) is 6.42 Å². The van der Waals surface area contributed by atoms with Gasteiger partial charge in [-0.1, -0.05) is 26.7 Å². The van der Waals surface area contributed by atoms with Crippen LogP contribution in [0.25, 0.3) is 0 Å². The Morgan fingerprint density at radius 3 is 2.79 bits per heavy atom. The van der Waals surface area contributed by atoms with Gasteiger partial charge in [-0.15, -0.1) is 12.3 Å². The third kappa shape index (κ3) is 3.03. The largest absolute Gasteiger partial charge is 0.310 e. The minimum Gasteiger partial charge on any atom is -0.310 e. The van der Waals surface area contributed by atoms with Crippen molar-refractivity contribution >= 4 is 0 Å². The smallest absolute Gasteiger partial charge is 0.0238 e. The second kappa shape index (κ2) is 4.84. The summed E-state index contributed by atoms with van der Waals surface area (Å²) in [5, 5.41) is 3.67. The summed E-state index contributed by atoms with van der Waals surface area (Å²) in [6.45, 7) is 6.92. The van der Waals surface area contributed by atoms with E-state index >= 15 is 0 Å². The molecule has 14 heavy (non-hydrogen) atoms. The average Bonchev–Trinajstić information content (AvgIpc) is 2.09. The number of nitrogens with one attached hydrogen (secondary N) is 1. The maximum absolute atomic E-state index is 5.31. The number of terminal acetylenes is 1. The number of rotatable bonds is 3. The van der Waals surface area contributed by atoms with Crippen LogP contribution >= 0.6 is 0 Å². The first kappa shape index (κ1) is 11.6. The van der Waals surface area contributed by atoms with Gasteiger partial charge >= 0.3 is 0 Å². The molecule has 0 aromatic carbocycles. The zero-order chi connectivity index (χ0) is 10.6. The van der Waals surface area contributed by atoms with Crippen molar-refractivity contribution in [3.8, 4) is 12.3 Å². The van der Waals surface area contributed by atoms with E-state index in [2.05, 4.69) is 32.0 Å². The van der Waals surface area contributed by atoms with Crippen molar-refractivity contribution in [2.75, 3.05) is 0 Å². The third-order valence-electron chi connectivity index (χ3n) is 3.42. The van der Waals surface area contributed by atoms with E-state index in [1.807, 2.05) is 0 Å². The fourth-order valence-electron chi connectivity index (χ4n) is 2.38. The standard InChI is InChI=1S/C13H23N/c1-5-8-11(2)14-12-9-6-7-10-13(12,3)4/h1,11-12,14H,6-10H2,2-4H3. The molecule has 1 nitrogen and oxygen atoms in total. The van der Waals surface area contributed by atoms with Crippen LogP contribution < -0.4 is 5.32 Å². The van der Waals surface area contributed by atoms with Gasteiger partial charge in [0.15, 0.2) is 0 Å². The fraction of sp³-hybridized carbons (Fsp3) is 0.846. The van der Waals surface area contributed by atoms with E-state index in [0.29, 0.717) is 17.5 Å². The molecule has 2 atom stereocenters. The summed E-state index contributed by atoms with van der Waals surface area (Å²) in [6.07, 6.45) is 11.5. The van der Waals surface area contributed by atoms with Crippen LogP contribution in [0.15, 0.2) is 0 Å². The maximum atomic E-state index is 5.31. The molecule has 1 aliphatic rings. The van der Waals surface area contributed by atoms with Gasteiger partial charge in [0, 0.05) is 18.5 Å². The molecule has 1 saturated carbocycles. The highest BCUT2D eigenvalue weighted by atomic mass is 15.0. The molecular formula is C13H23N. The first-order valence-corrected chi connectivity index (χ1v) is 5.76. The Balaban J connectivity index is 2.46. The second-order valence-corrected chi connectivity index (χ2v) is 5.26. The van der Waals surface area contributed by atoms with Crippen molar-refractivity contribution in [1.29, 1.82) is 0 Å². The summed E-state index contributed by atoms with van der Waals surface area (Å²) >= 11 is 0. The molecule has 0 spiro atoms. The van der Waals surface area contributed by atoms with Crippen LogP contribution in [0.4, 0.5) is 0 Å². The number of hydrogen-bond acceptors (Lipinski definition) is 1. The molecule has 1 heteroatoms. The maximum Gasteiger partial charge on any atom is 0.0238 e. The first-order chi connectivity index (χ1) is 6.56. The van der Waals surface area contributed by atoms with Gasteiger partial charge in [0.05, 0.1) is 0 Å². The van der Waals surface area contributed by atoms with Gasteiger partial charge in [-0.3, -0.25) is 0 Å². The summed E-state index contributed by atoms with van der Waals surface area (Å²) in [5.41, 5.74) is 0.446. The Kier molecular flexibility index (Phi) is 4.01. The van der Waals surface area contributed by atoms with Gasteiger partial charge in [0.2, 0.25) is 0 Å². The Labute approximate surface area is 88.7 Å². The lowest BCUT2D eigenvalue weighted by Crippen LogP contribution is -2.47. The molecule has 1 N–H and O–H groups in total. The van der Waals surface area contributed by atoms with Crippen LogP contribution in [-0.4, -0.2) is 12.1 Å². The van der Waals surface area contributed by atoms with Crippen LogP contribution in [0.1, 0.15) is 52.9 Å². The summed E-state index contributed by atoms with van der Waals surface area (Å²) in [5.74, 6) is 2.72. The van der Waals surface area contributed by atoms with Crippen molar-refractivity contribution in [2.45, 2.75) is 65.0 Å². The van der Waals surface area contributed by atoms with Gasteiger partial charge < -0.3 is 5.32 Å². The molecule has 0 aromatic heterocycles. The van der Waals surface area contributed by atoms with E-state index in [1.54, 1.807) is 0 Å². The first-order valence-electron chi connectivity index (χ1n) is 5.76. The molecule has 1 rings (SSSR count). The molecule has 0 radical (unpaired) electrons. The highest BCUT2D eigenvalue weighted by Crippen LogP contribution is 2.35. The Bertz CT molecular complexity index is 212. The van der Waals surface area contributed by atoms with Crippen LogP contribution in [-0.2, 0) is 0 Å². The summed E-state index contributed by atoms with van der Waals surface area (Å²) in [7, 11) is 0. The molecule has 2 unspecified atom stereocenters. The van der Waals surface area contributed by atoms with Gasteiger partial charge in [-0.05, 0) is 25.2 Å². The van der Waals surface area contributed by atoms with Gasteiger partial charge in [0.25, 0.3) is 0 Å². The van der Waals surface area contributed by atoms with Crippen LogP contribution in [0, 0.1) is 17.8 Å². The summed E-state index contributed by atoms with van der Waals surface area (Å²) < 4.78 is 0. The fourth-order valence-corrected chi connectivity index (χ4v) is 2.38. The topological polar surface area (TPSA) is 12.0 Å². The molecule has 1 fully saturated rings. The predicted molar refractivity (Wildman–Crippen MR) is 62.1 cm³/mol. The van der Waals surface area contributed by atoms with Crippen molar-refractivity contribution in [1.82, 2.24) is 5.32 Å². The average molecular weight is 193 g/mol. The lowest BCUT2D eigenvalue weighted by Gasteiger charge is -2.40. The molecule has 0 saturated heterocycles. The van der Waals surface area contributed by atoms with Crippen molar-refractivity contribution < 1.29 is 0 Å². The quantitative estimate of drug-likeness (QED) is 0.680. The lowest BCUT2D eigenvalue weighted by atomic mass is 9.73. The van der Waals surface area contributed by atoms with Crippen LogP contribution in [0.2, 0.25) is 0 Å². The Morgan fingerprint density at radius 1 is 1.50 bits per heavy atom. The summed E-state index contributed by atoms with van der Waals surface area (Å²) in [6, 6.07) is 1.11. The van der Waals surface area contributed by atoms with Crippen LogP contribution in [0.3, 0.4) is 0 Å². The zero-order valence-electron chi connectivity index (χ0n) is 9.77. The van der Waals surface area contributed by atoms with E-state index < -0.39 is 0 Å². The Morgan fingerprint density at radius 2 is 2.21 bits per heavy atom. The highest BCUT2D eigenvalue weighted by Gasteiger charge is 2.32. The minimum atomic E-state index is 0.446. The second-order valence-electron chi connectivity index (χ2n) is 5.26.